The molecule has 3 aromatic rings. The van der Waals surface area contributed by atoms with Gasteiger partial charge in [-0.2, -0.15) is 0 Å². The standard InChI is InChI=1S/C18H17FN2OS/c1-11-2-7-14-15(8-11)23-18-16(14)17(20-10-21-18)22-9-12-3-5-13(19)6-4-12/h3-6,10-11H,2,7-9H2,1H3/t11-/m1/s1. The molecule has 1 aliphatic carbocycles. The summed E-state index contributed by atoms with van der Waals surface area (Å²) in [6.07, 6.45) is 4.95. The van der Waals surface area contributed by atoms with Gasteiger partial charge in [0.25, 0.3) is 0 Å². The average molecular weight is 328 g/mol. The number of ether oxygens (including phenoxy) is 1. The molecule has 0 amide bonds. The summed E-state index contributed by atoms with van der Waals surface area (Å²) < 4.78 is 18.9. The molecule has 0 N–H and O–H groups in total. The number of benzene rings is 1. The summed E-state index contributed by atoms with van der Waals surface area (Å²) in [4.78, 5) is 11.2. The molecule has 0 radical (unpaired) electrons. The highest BCUT2D eigenvalue weighted by Crippen LogP contribution is 2.40. The van der Waals surface area contributed by atoms with Gasteiger partial charge in [-0.15, -0.1) is 11.3 Å². The summed E-state index contributed by atoms with van der Waals surface area (Å²) in [5.41, 5.74) is 2.29. The molecule has 2 heterocycles. The summed E-state index contributed by atoms with van der Waals surface area (Å²) in [5, 5.41) is 1.07. The fourth-order valence-electron chi connectivity index (χ4n) is 3.09. The molecular formula is C18H17FN2OS. The highest BCUT2D eigenvalue weighted by atomic mass is 32.1. The number of hydrogen-bond acceptors (Lipinski definition) is 4. The SMILES string of the molecule is C[C@@H]1CCc2c(sc3ncnc(OCc4ccc(F)cc4)c23)C1. The fourth-order valence-corrected chi connectivity index (χ4v) is 4.43. The Hall–Kier alpha value is -2.01. The van der Waals surface area contributed by atoms with Gasteiger partial charge in [0.15, 0.2) is 0 Å². The van der Waals surface area contributed by atoms with Crippen LogP contribution in [0.1, 0.15) is 29.3 Å². The van der Waals surface area contributed by atoms with E-state index < -0.39 is 0 Å². The Balaban J connectivity index is 1.66. The van der Waals surface area contributed by atoms with E-state index >= 15 is 0 Å². The number of aromatic nitrogens is 2. The average Bonchev–Trinajstić information content (AvgIpc) is 2.92. The Morgan fingerprint density at radius 1 is 1.26 bits per heavy atom. The third-order valence-corrected chi connectivity index (χ3v) is 5.51. The van der Waals surface area contributed by atoms with E-state index in [4.69, 9.17) is 4.74 Å². The van der Waals surface area contributed by atoms with Crippen LogP contribution in [0.4, 0.5) is 4.39 Å². The van der Waals surface area contributed by atoms with Crippen molar-refractivity contribution in [3.05, 3.63) is 52.4 Å². The van der Waals surface area contributed by atoms with Gasteiger partial charge in [-0.1, -0.05) is 19.1 Å². The van der Waals surface area contributed by atoms with Crippen molar-refractivity contribution in [2.24, 2.45) is 5.92 Å². The third-order valence-electron chi connectivity index (χ3n) is 4.35. The van der Waals surface area contributed by atoms with Crippen LogP contribution in [0.3, 0.4) is 0 Å². The monoisotopic (exact) mass is 328 g/mol. The number of halogens is 1. The zero-order valence-electron chi connectivity index (χ0n) is 12.9. The molecule has 23 heavy (non-hydrogen) atoms. The first-order valence-electron chi connectivity index (χ1n) is 7.83. The summed E-state index contributed by atoms with van der Waals surface area (Å²) in [6, 6.07) is 6.36. The van der Waals surface area contributed by atoms with Gasteiger partial charge in [-0.25, -0.2) is 14.4 Å². The summed E-state index contributed by atoms with van der Waals surface area (Å²) >= 11 is 1.76. The lowest BCUT2D eigenvalue weighted by atomic mass is 9.89. The zero-order chi connectivity index (χ0) is 15.8. The molecule has 118 valence electrons. The Morgan fingerprint density at radius 2 is 2.09 bits per heavy atom. The normalized spacial score (nSPS) is 17.2. The fraction of sp³-hybridized carbons (Fsp3) is 0.333. The second-order valence-corrected chi connectivity index (χ2v) is 7.21. The summed E-state index contributed by atoms with van der Waals surface area (Å²) in [5.74, 6) is 1.14. The van der Waals surface area contributed by atoms with Gasteiger partial charge >= 0.3 is 0 Å². The molecule has 3 nitrogen and oxygen atoms in total. The van der Waals surface area contributed by atoms with Crippen molar-refractivity contribution in [3.63, 3.8) is 0 Å². The van der Waals surface area contributed by atoms with Crippen LogP contribution in [-0.4, -0.2) is 9.97 Å². The predicted molar refractivity (Wildman–Crippen MR) is 89.3 cm³/mol. The topological polar surface area (TPSA) is 35.0 Å². The van der Waals surface area contributed by atoms with E-state index in [-0.39, 0.29) is 5.82 Å². The highest BCUT2D eigenvalue weighted by molar-refractivity contribution is 7.18. The molecule has 0 bridgehead atoms. The van der Waals surface area contributed by atoms with Crippen molar-refractivity contribution in [2.75, 3.05) is 0 Å². The van der Waals surface area contributed by atoms with Crippen LogP contribution >= 0.6 is 11.3 Å². The number of fused-ring (bicyclic) bond motifs is 3. The van der Waals surface area contributed by atoms with Crippen LogP contribution < -0.4 is 4.74 Å². The van der Waals surface area contributed by atoms with E-state index in [2.05, 4.69) is 16.9 Å². The minimum absolute atomic E-state index is 0.237. The molecule has 0 fully saturated rings. The Morgan fingerprint density at radius 3 is 2.91 bits per heavy atom. The van der Waals surface area contributed by atoms with Gasteiger partial charge in [-0.3, -0.25) is 0 Å². The second kappa shape index (κ2) is 5.89. The van der Waals surface area contributed by atoms with Gasteiger partial charge in [0.2, 0.25) is 5.88 Å². The molecule has 1 atom stereocenters. The van der Waals surface area contributed by atoms with Gasteiger partial charge < -0.3 is 4.74 Å². The Labute approximate surface area is 138 Å². The smallest absolute Gasteiger partial charge is 0.225 e. The number of thiophene rings is 1. The molecule has 2 aromatic heterocycles. The second-order valence-electron chi connectivity index (χ2n) is 6.13. The van der Waals surface area contributed by atoms with Gasteiger partial charge in [0.05, 0.1) is 5.39 Å². The molecular weight excluding hydrogens is 311 g/mol. The van der Waals surface area contributed by atoms with E-state index in [9.17, 15) is 4.39 Å². The van der Waals surface area contributed by atoms with Crippen molar-refractivity contribution in [1.82, 2.24) is 9.97 Å². The van der Waals surface area contributed by atoms with Crippen LogP contribution in [0.2, 0.25) is 0 Å². The first kappa shape index (κ1) is 14.6. The van der Waals surface area contributed by atoms with E-state index in [1.54, 1.807) is 29.8 Å². The first-order valence-corrected chi connectivity index (χ1v) is 8.65. The molecule has 1 aromatic carbocycles. The van der Waals surface area contributed by atoms with E-state index in [0.29, 0.717) is 12.5 Å². The number of aryl methyl sites for hydroxylation is 1. The maximum absolute atomic E-state index is 13.0. The predicted octanol–water partition coefficient (Wildman–Crippen LogP) is 4.53. The lowest BCUT2D eigenvalue weighted by Crippen LogP contribution is -2.09. The quantitative estimate of drug-likeness (QED) is 0.708. The molecule has 0 saturated carbocycles. The minimum atomic E-state index is -0.237. The molecule has 0 spiro atoms. The molecule has 0 unspecified atom stereocenters. The maximum Gasteiger partial charge on any atom is 0.225 e. The Kier molecular flexibility index (Phi) is 3.73. The first-order chi connectivity index (χ1) is 11.2. The van der Waals surface area contributed by atoms with Crippen LogP contribution in [-0.2, 0) is 19.4 Å². The lowest BCUT2D eigenvalue weighted by molar-refractivity contribution is 0.297. The van der Waals surface area contributed by atoms with Crippen molar-refractivity contribution in [2.45, 2.75) is 32.8 Å². The van der Waals surface area contributed by atoms with Crippen molar-refractivity contribution in [1.29, 1.82) is 0 Å². The minimum Gasteiger partial charge on any atom is -0.472 e. The van der Waals surface area contributed by atoms with Crippen LogP contribution in [0.25, 0.3) is 10.2 Å². The molecule has 4 rings (SSSR count). The summed E-state index contributed by atoms with van der Waals surface area (Å²) in [6.45, 7) is 2.68. The van der Waals surface area contributed by atoms with Crippen molar-refractivity contribution >= 4 is 21.6 Å². The lowest BCUT2D eigenvalue weighted by Gasteiger charge is -2.18. The van der Waals surface area contributed by atoms with Crippen LogP contribution in [0.5, 0.6) is 5.88 Å². The number of rotatable bonds is 3. The number of hydrogen-bond donors (Lipinski definition) is 0. The third kappa shape index (κ3) is 2.81. The summed E-state index contributed by atoms with van der Waals surface area (Å²) in [7, 11) is 0. The van der Waals surface area contributed by atoms with Gasteiger partial charge in [0.1, 0.15) is 23.6 Å². The Bertz CT molecular complexity index is 844. The molecule has 0 aliphatic heterocycles. The van der Waals surface area contributed by atoms with Gasteiger partial charge in [-0.05, 0) is 48.4 Å². The van der Waals surface area contributed by atoms with Crippen molar-refractivity contribution in [3.8, 4) is 5.88 Å². The van der Waals surface area contributed by atoms with E-state index in [1.807, 2.05) is 0 Å². The largest absolute Gasteiger partial charge is 0.472 e. The van der Waals surface area contributed by atoms with Gasteiger partial charge in [0, 0.05) is 4.88 Å². The van der Waals surface area contributed by atoms with E-state index in [0.717, 1.165) is 34.5 Å². The molecule has 1 aliphatic rings. The van der Waals surface area contributed by atoms with Crippen LogP contribution in [0, 0.1) is 11.7 Å². The van der Waals surface area contributed by atoms with Crippen molar-refractivity contribution < 1.29 is 9.13 Å². The highest BCUT2D eigenvalue weighted by Gasteiger charge is 2.23. The van der Waals surface area contributed by atoms with E-state index in [1.165, 1.54) is 29.0 Å². The number of nitrogens with zero attached hydrogens (tertiary/aromatic N) is 2. The van der Waals surface area contributed by atoms with Crippen LogP contribution in [0.15, 0.2) is 30.6 Å². The molecule has 0 saturated heterocycles. The molecule has 5 heteroatoms. The maximum atomic E-state index is 13.0. The zero-order valence-corrected chi connectivity index (χ0v) is 13.7.